The zero-order chi connectivity index (χ0) is 14.2. The van der Waals surface area contributed by atoms with E-state index in [4.69, 9.17) is 0 Å². The molecule has 0 bridgehead atoms. The zero-order valence-corrected chi connectivity index (χ0v) is 11.4. The third-order valence-corrected chi connectivity index (χ3v) is 4.55. The Kier molecular flexibility index (Phi) is 3.32. The molecule has 2 aliphatic rings. The van der Waals surface area contributed by atoms with Crippen molar-refractivity contribution >= 4 is 11.8 Å². The molecule has 0 unspecified atom stereocenters. The molecule has 0 atom stereocenters. The van der Waals surface area contributed by atoms with Crippen LogP contribution in [0.1, 0.15) is 44.1 Å². The highest BCUT2D eigenvalue weighted by atomic mass is 19.1. The van der Waals surface area contributed by atoms with Gasteiger partial charge in [0.1, 0.15) is 5.82 Å². The van der Waals surface area contributed by atoms with Crippen molar-refractivity contribution in [3.8, 4) is 0 Å². The topological polar surface area (TPSA) is 37.4 Å². The van der Waals surface area contributed by atoms with E-state index in [-0.39, 0.29) is 24.2 Å². The molecule has 1 saturated heterocycles. The van der Waals surface area contributed by atoms with Gasteiger partial charge in [-0.2, -0.15) is 0 Å². The average molecular weight is 275 g/mol. The Balaban J connectivity index is 1.78. The first-order valence-electron chi connectivity index (χ1n) is 7.20. The molecule has 106 valence electrons. The summed E-state index contributed by atoms with van der Waals surface area (Å²) in [6, 6.07) is 5.97. The van der Waals surface area contributed by atoms with Gasteiger partial charge in [0.05, 0.1) is 12.0 Å². The maximum Gasteiger partial charge on any atom is 0.236 e. The van der Waals surface area contributed by atoms with Gasteiger partial charge in [-0.25, -0.2) is 4.39 Å². The Morgan fingerprint density at radius 3 is 2.35 bits per heavy atom. The molecular weight excluding hydrogens is 257 g/mol. The molecule has 4 heteroatoms. The summed E-state index contributed by atoms with van der Waals surface area (Å²) in [4.78, 5) is 26.1. The van der Waals surface area contributed by atoms with Gasteiger partial charge in [-0.15, -0.1) is 0 Å². The molecule has 1 aliphatic carbocycles. The number of hydrogen-bond acceptors (Lipinski definition) is 2. The van der Waals surface area contributed by atoms with E-state index in [2.05, 4.69) is 0 Å². The highest BCUT2D eigenvalue weighted by Gasteiger charge is 2.51. The molecule has 1 spiro atoms. The largest absolute Gasteiger partial charge is 0.278 e. The number of likely N-dealkylation sites (tertiary alicyclic amines) is 1. The first kappa shape index (κ1) is 13.3. The molecule has 1 aromatic rings. The van der Waals surface area contributed by atoms with Crippen molar-refractivity contribution in [1.82, 2.24) is 4.90 Å². The summed E-state index contributed by atoms with van der Waals surface area (Å²) < 4.78 is 12.9. The van der Waals surface area contributed by atoms with Crippen molar-refractivity contribution in [2.75, 3.05) is 0 Å². The molecule has 20 heavy (non-hydrogen) atoms. The standard InChI is InChI=1S/C16H18FNO2/c17-13-6-4-12(5-7-13)11-18-14(19)10-16(15(18)20)8-2-1-3-9-16/h4-7H,1-3,8-11H2. The minimum absolute atomic E-state index is 0.0217. The SMILES string of the molecule is O=C1CC2(CCCCC2)C(=O)N1Cc1ccc(F)cc1. The molecule has 3 rings (SSSR count). The van der Waals surface area contributed by atoms with Crippen molar-refractivity contribution in [2.45, 2.75) is 45.1 Å². The van der Waals surface area contributed by atoms with E-state index >= 15 is 0 Å². The van der Waals surface area contributed by atoms with Crippen molar-refractivity contribution in [3.63, 3.8) is 0 Å². The smallest absolute Gasteiger partial charge is 0.236 e. The Labute approximate surface area is 117 Å². The van der Waals surface area contributed by atoms with Gasteiger partial charge < -0.3 is 0 Å². The Morgan fingerprint density at radius 2 is 1.70 bits per heavy atom. The van der Waals surface area contributed by atoms with E-state index in [9.17, 15) is 14.0 Å². The zero-order valence-electron chi connectivity index (χ0n) is 11.4. The van der Waals surface area contributed by atoms with Crippen LogP contribution in [0.5, 0.6) is 0 Å². The lowest BCUT2D eigenvalue weighted by Crippen LogP contribution is -2.36. The summed E-state index contributed by atoms with van der Waals surface area (Å²) in [6.07, 6.45) is 5.23. The Morgan fingerprint density at radius 1 is 1.05 bits per heavy atom. The summed E-state index contributed by atoms with van der Waals surface area (Å²) in [5.41, 5.74) is 0.357. The number of amides is 2. The lowest BCUT2D eigenvalue weighted by Gasteiger charge is -2.30. The fraction of sp³-hybridized carbons (Fsp3) is 0.500. The monoisotopic (exact) mass is 275 g/mol. The summed E-state index contributed by atoms with van der Waals surface area (Å²) in [5, 5.41) is 0. The highest BCUT2D eigenvalue weighted by molar-refractivity contribution is 6.05. The molecule has 1 heterocycles. The van der Waals surface area contributed by atoms with E-state index in [1.807, 2.05) is 0 Å². The second-order valence-electron chi connectivity index (χ2n) is 5.93. The molecule has 1 aromatic carbocycles. The third kappa shape index (κ3) is 2.23. The van der Waals surface area contributed by atoms with Gasteiger partial charge in [-0.3, -0.25) is 14.5 Å². The molecule has 2 amide bonds. The highest BCUT2D eigenvalue weighted by Crippen LogP contribution is 2.45. The average Bonchev–Trinajstić information content (AvgIpc) is 2.67. The lowest BCUT2D eigenvalue weighted by atomic mass is 9.73. The lowest BCUT2D eigenvalue weighted by molar-refractivity contribution is -0.142. The van der Waals surface area contributed by atoms with Crippen LogP contribution in [0, 0.1) is 11.2 Å². The number of imide groups is 1. The van der Waals surface area contributed by atoms with Gasteiger partial charge in [0, 0.05) is 6.42 Å². The number of hydrogen-bond donors (Lipinski definition) is 0. The number of carbonyl (C=O) groups is 2. The second kappa shape index (κ2) is 5.00. The molecule has 2 fully saturated rings. The maximum absolute atomic E-state index is 12.9. The minimum Gasteiger partial charge on any atom is -0.278 e. The number of halogens is 1. The predicted molar refractivity (Wildman–Crippen MR) is 72.1 cm³/mol. The van der Waals surface area contributed by atoms with Gasteiger partial charge in [-0.1, -0.05) is 31.4 Å². The summed E-state index contributed by atoms with van der Waals surface area (Å²) in [6.45, 7) is 0.264. The van der Waals surface area contributed by atoms with Crippen LogP contribution in [0.2, 0.25) is 0 Å². The molecule has 1 saturated carbocycles. The fourth-order valence-electron chi connectivity index (χ4n) is 3.41. The van der Waals surface area contributed by atoms with Crippen molar-refractivity contribution in [1.29, 1.82) is 0 Å². The first-order chi connectivity index (χ1) is 9.61. The van der Waals surface area contributed by atoms with Crippen LogP contribution in [-0.2, 0) is 16.1 Å². The van der Waals surface area contributed by atoms with Crippen LogP contribution in [0.15, 0.2) is 24.3 Å². The molecule has 3 nitrogen and oxygen atoms in total. The number of rotatable bonds is 2. The molecule has 0 radical (unpaired) electrons. The molecular formula is C16H18FNO2. The quantitative estimate of drug-likeness (QED) is 0.778. The fourth-order valence-corrected chi connectivity index (χ4v) is 3.41. The van der Waals surface area contributed by atoms with Gasteiger partial charge in [0.2, 0.25) is 11.8 Å². The third-order valence-electron chi connectivity index (χ3n) is 4.55. The van der Waals surface area contributed by atoms with Crippen molar-refractivity contribution in [3.05, 3.63) is 35.6 Å². The number of nitrogens with zero attached hydrogens (tertiary/aromatic N) is 1. The maximum atomic E-state index is 12.9. The molecule has 1 aliphatic heterocycles. The van der Waals surface area contributed by atoms with Crippen molar-refractivity contribution in [2.24, 2.45) is 5.41 Å². The second-order valence-corrected chi connectivity index (χ2v) is 5.93. The summed E-state index contributed by atoms with van der Waals surface area (Å²) in [7, 11) is 0. The normalized spacial score (nSPS) is 21.8. The molecule has 0 aromatic heterocycles. The Hall–Kier alpha value is -1.71. The van der Waals surface area contributed by atoms with E-state index < -0.39 is 5.41 Å². The van der Waals surface area contributed by atoms with Crippen LogP contribution < -0.4 is 0 Å². The number of carbonyl (C=O) groups excluding carboxylic acids is 2. The summed E-state index contributed by atoms with van der Waals surface area (Å²) in [5.74, 6) is -0.413. The van der Waals surface area contributed by atoms with E-state index in [1.54, 1.807) is 12.1 Å². The van der Waals surface area contributed by atoms with Crippen LogP contribution in [-0.4, -0.2) is 16.7 Å². The minimum atomic E-state index is -0.435. The van der Waals surface area contributed by atoms with Crippen LogP contribution in [0.3, 0.4) is 0 Å². The van der Waals surface area contributed by atoms with Crippen LogP contribution in [0.25, 0.3) is 0 Å². The van der Waals surface area contributed by atoms with Gasteiger partial charge >= 0.3 is 0 Å². The van der Waals surface area contributed by atoms with E-state index in [0.29, 0.717) is 6.42 Å². The van der Waals surface area contributed by atoms with E-state index in [0.717, 1.165) is 37.7 Å². The van der Waals surface area contributed by atoms with Crippen LogP contribution >= 0.6 is 0 Å². The van der Waals surface area contributed by atoms with Gasteiger partial charge in [0.25, 0.3) is 0 Å². The van der Waals surface area contributed by atoms with Gasteiger partial charge in [0.15, 0.2) is 0 Å². The first-order valence-corrected chi connectivity index (χ1v) is 7.20. The molecule has 0 N–H and O–H groups in total. The van der Waals surface area contributed by atoms with Gasteiger partial charge in [-0.05, 0) is 30.5 Å². The number of benzene rings is 1. The summed E-state index contributed by atoms with van der Waals surface area (Å²) >= 11 is 0. The van der Waals surface area contributed by atoms with Crippen molar-refractivity contribution < 1.29 is 14.0 Å². The Bertz CT molecular complexity index is 532. The predicted octanol–water partition coefficient (Wildman–Crippen LogP) is 3.04. The van der Waals surface area contributed by atoms with E-state index in [1.165, 1.54) is 17.0 Å². The van der Waals surface area contributed by atoms with Crippen LogP contribution in [0.4, 0.5) is 4.39 Å².